The van der Waals surface area contributed by atoms with Gasteiger partial charge in [-0.15, -0.1) is 0 Å². The number of carbonyl (C=O) groups excluding carboxylic acids is 1. The molecule has 0 spiro atoms. The van der Waals surface area contributed by atoms with Crippen molar-refractivity contribution in [3.8, 4) is 0 Å². The number of fused-ring (bicyclic) bond motifs is 1. The second kappa shape index (κ2) is 4.99. The summed E-state index contributed by atoms with van der Waals surface area (Å²) < 4.78 is 0. The molecule has 1 aliphatic heterocycles. The summed E-state index contributed by atoms with van der Waals surface area (Å²) >= 11 is 0. The zero-order valence-corrected chi connectivity index (χ0v) is 9.78. The maximum Gasteiger partial charge on any atom is 0.217 e. The molecule has 0 saturated heterocycles. The monoisotopic (exact) mass is 231 g/mol. The van der Waals surface area contributed by atoms with Gasteiger partial charge < -0.3 is 10.6 Å². The van der Waals surface area contributed by atoms with Crippen molar-refractivity contribution in [2.24, 2.45) is 5.73 Å². The van der Waals surface area contributed by atoms with Crippen LogP contribution in [0.15, 0.2) is 24.3 Å². The van der Waals surface area contributed by atoms with Gasteiger partial charge in [0.1, 0.15) is 5.84 Å². The summed E-state index contributed by atoms with van der Waals surface area (Å²) in [5.74, 6) is 0.351. The summed E-state index contributed by atoms with van der Waals surface area (Å²) in [4.78, 5) is 12.7. The second-order valence-electron chi connectivity index (χ2n) is 4.35. The molecule has 1 amide bonds. The number of amidine groups is 1. The highest BCUT2D eigenvalue weighted by Crippen LogP contribution is 2.22. The number of hydrogen-bond acceptors (Lipinski definition) is 2. The van der Waals surface area contributed by atoms with Crippen LogP contribution in [0.2, 0.25) is 0 Å². The zero-order valence-electron chi connectivity index (χ0n) is 9.78. The smallest absolute Gasteiger partial charge is 0.217 e. The summed E-state index contributed by atoms with van der Waals surface area (Å²) in [6.07, 6.45) is 2.14. The number of amides is 1. The molecule has 0 radical (unpaired) electrons. The maximum atomic E-state index is 10.6. The van der Waals surface area contributed by atoms with Gasteiger partial charge in [0.25, 0.3) is 0 Å². The number of primary amides is 1. The molecule has 4 heteroatoms. The van der Waals surface area contributed by atoms with E-state index in [1.165, 1.54) is 5.56 Å². The van der Waals surface area contributed by atoms with Gasteiger partial charge in [0, 0.05) is 25.1 Å². The van der Waals surface area contributed by atoms with Gasteiger partial charge in [-0.2, -0.15) is 0 Å². The molecule has 1 aromatic rings. The minimum absolute atomic E-state index is 0.246. The van der Waals surface area contributed by atoms with E-state index >= 15 is 0 Å². The first-order valence-corrected chi connectivity index (χ1v) is 5.88. The van der Waals surface area contributed by atoms with E-state index < -0.39 is 0 Å². The van der Waals surface area contributed by atoms with E-state index in [1.807, 2.05) is 23.1 Å². The Hall–Kier alpha value is -1.84. The standard InChI is InChI=1S/C13H17N3O/c14-12(17)7-3-4-8-16-9-10-5-1-2-6-11(10)13(16)15/h1-2,5-6,15H,3-4,7-9H2,(H2,14,17). The third kappa shape index (κ3) is 2.64. The van der Waals surface area contributed by atoms with Crippen LogP contribution in [0.4, 0.5) is 0 Å². The summed E-state index contributed by atoms with van der Waals surface area (Å²) in [5, 5.41) is 8.04. The quantitative estimate of drug-likeness (QED) is 0.753. The molecule has 3 N–H and O–H groups in total. The van der Waals surface area contributed by atoms with E-state index in [4.69, 9.17) is 11.1 Å². The minimum Gasteiger partial charge on any atom is -0.370 e. The van der Waals surface area contributed by atoms with E-state index in [9.17, 15) is 4.79 Å². The highest BCUT2D eigenvalue weighted by molar-refractivity contribution is 6.00. The van der Waals surface area contributed by atoms with Crippen LogP contribution in [0.25, 0.3) is 0 Å². The van der Waals surface area contributed by atoms with Gasteiger partial charge in [0.15, 0.2) is 0 Å². The number of benzene rings is 1. The van der Waals surface area contributed by atoms with Gasteiger partial charge in [0.2, 0.25) is 5.91 Å². The molecule has 0 unspecified atom stereocenters. The normalized spacial score (nSPS) is 13.9. The van der Waals surface area contributed by atoms with Crippen LogP contribution in [-0.2, 0) is 11.3 Å². The third-order valence-corrected chi connectivity index (χ3v) is 3.05. The van der Waals surface area contributed by atoms with Crippen molar-refractivity contribution in [2.45, 2.75) is 25.8 Å². The molecule has 17 heavy (non-hydrogen) atoms. The lowest BCUT2D eigenvalue weighted by Gasteiger charge is -2.17. The van der Waals surface area contributed by atoms with Crippen molar-refractivity contribution in [3.63, 3.8) is 0 Å². The number of nitrogens with one attached hydrogen (secondary N) is 1. The first-order chi connectivity index (χ1) is 8.18. The Kier molecular flexibility index (Phi) is 3.42. The zero-order chi connectivity index (χ0) is 12.3. The Labute approximate surface area is 101 Å². The molecule has 0 aromatic heterocycles. The summed E-state index contributed by atoms with van der Waals surface area (Å²) in [6, 6.07) is 8.01. The van der Waals surface area contributed by atoms with Crippen LogP contribution in [0.5, 0.6) is 0 Å². The lowest BCUT2D eigenvalue weighted by atomic mass is 10.1. The van der Waals surface area contributed by atoms with E-state index in [1.54, 1.807) is 0 Å². The molecule has 0 bridgehead atoms. The van der Waals surface area contributed by atoms with Crippen LogP contribution >= 0.6 is 0 Å². The number of hydrogen-bond donors (Lipinski definition) is 2. The average Bonchev–Trinajstić information content (AvgIpc) is 2.63. The number of rotatable bonds is 5. The Morgan fingerprint density at radius 2 is 2.12 bits per heavy atom. The third-order valence-electron chi connectivity index (χ3n) is 3.05. The molecule has 2 rings (SSSR count). The lowest BCUT2D eigenvalue weighted by Crippen LogP contribution is -2.25. The predicted octanol–water partition coefficient (Wildman–Crippen LogP) is 1.48. The maximum absolute atomic E-state index is 10.6. The van der Waals surface area contributed by atoms with Gasteiger partial charge in [-0.25, -0.2) is 0 Å². The minimum atomic E-state index is -0.246. The SMILES string of the molecule is N=C1c2ccccc2CN1CCCCC(N)=O. The van der Waals surface area contributed by atoms with E-state index in [0.29, 0.717) is 12.3 Å². The van der Waals surface area contributed by atoms with Crippen molar-refractivity contribution in [1.82, 2.24) is 4.90 Å². The fourth-order valence-electron chi connectivity index (χ4n) is 2.14. The summed E-state index contributed by atoms with van der Waals surface area (Å²) in [7, 11) is 0. The van der Waals surface area contributed by atoms with Crippen LogP contribution < -0.4 is 5.73 Å². The predicted molar refractivity (Wildman–Crippen MR) is 66.7 cm³/mol. The molecule has 0 aliphatic carbocycles. The van der Waals surface area contributed by atoms with Gasteiger partial charge in [-0.05, 0) is 18.4 Å². The van der Waals surface area contributed by atoms with E-state index in [-0.39, 0.29) is 5.91 Å². The average molecular weight is 231 g/mol. The largest absolute Gasteiger partial charge is 0.370 e. The Morgan fingerprint density at radius 1 is 1.35 bits per heavy atom. The molecule has 90 valence electrons. The van der Waals surface area contributed by atoms with Crippen molar-refractivity contribution < 1.29 is 4.79 Å². The molecular weight excluding hydrogens is 214 g/mol. The topological polar surface area (TPSA) is 70.2 Å². The number of carbonyl (C=O) groups is 1. The van der Waals surface area contributed by atoms with E-state index in [2.05, 4.69) is 6.07 Å². The molecule has 4 nitrogen and oxygen atoms in total. The summed E-state index contributed by atoms with van der Waals surface area (Å²) in [5.41, 5.74) is 7.33. The fourth-order valence-corrected chi connectivity index (χ4v) is 2.14. The van der Waals surface area contributed by atoms with Gasteiger partial charge in [0.05, 0.1) is 0 Å². The molecule has 0 atom stereocenters. The molecule has 1 aromatic carbocycles. The second-order valence-corrected chi connectivity index (χ2v) is 4.35. The summed E-state index contributed by atoms with van der Waals surface area (Å²) in [6.45, 7) is 1.63. The van der Waals surface area contributed by atoms with Crippen LogP contribution in [0, 0.1) is 5.41 Å². The Morgan fingerprint density at radius 3 is 2.82 bits per heavy atom. The van der Waals surface area contributed by atoms with Crippen molar-refractivity contribution >= 4 is 11.7 Å². The van der Waals surface area contributed by atoms with Crippen LogP contribution in [-0.4, -0.2) is 23.2 Å². The van der Waals surface area contributed by atoms with Crippen LogP contribution in [0.1, 0.15) is 30.4 Å². The van der Waals surface area contributed by atoms with Crippen molar-refractivity contribution in [2.75, 3.05) is 6.54 Å². The van der Waals surface area contributed by atoms with Gasteiger partial charge in [-0.1, -0.05) is 24.3 Å². The highest BCUT2D eigenvalue weighted by Gasteiger charge is 2.22. The first-order valence-electron chi connectivity index (χ1n) is 5.88. The number of nitrogens with zero attached hydrogens (tertiary/aromatic N) is 1. The van der Waals surface area contributed by atoms with Gasteiger partial charge >= 0.3 is 0 Å². The lowest BCUT2D eigenvalue weighted by molar-refractivity contribution is -0.118. The molecular formula is C13H17N3O. The Balaban J connectivity index is 1.86. The number of unbranched alkanes of at least 4 members (excludes halogenated alkanes) is 1. The molecule has 0 fully saturated rings. The molecule has 1 aliphatic rings. The first kappa shape index (κ1) is 11.6. The van der Waals surface area contributed by atoms with E-state index in [0.717, 1.165) is 31.5 Å². The number of nitrogens with two attached hydrogens (primary N) is 1. The highest BCUT2D eigenvalue weighted by atomic mass is 16.1. The van der Waals surface area contributed by atoms with Crippen molar-refractivity contribution in [1.29, 1.82) is 5.41 Å². The molecule has 1 heterocycles. The fraction of sp³-hybridized carbons (Fsp3) is 0.385. The van der Waals surface area contributed by atoms with Gasteiger partial charge in [-0.3, -0.25) is 10.2 Å². The molecule has 0 saturated carbocycles. The van der Waals surface area contributed by atoms with Crippen molar-refractivity contribution in [3.05, 3.63) is 35.4 Å². The van der Waals surface area contributed by atoms with Crippen LogP contribution in [0.3, 0.4) is 0 Å². The Bertz CT molecular complexity index is 442.